The van der Waals surface area contributed by atoms with Crippen LogP contribution in [0.2, 0.25) is 0 Å². The number of aliphatic hydroxyl groups is 4. The fraction of sp³-hybridized carbons (Fsp3) is 0.600. The number of β-amino-alcohol motifs (C(OH)–C–C–N with tert-alkyl or cyclic N) is 2. The van der Waals surface area contributed by atoms with Crippen molar-refractivity contribution in [1.29, 1.82) is 0 Å². The van der Waals surface area contributed by atoms with E-state index < -0.39 is 12.2 Å². The van der Waals surface area contributed by atoms with Crippen LogP contribution in [0.4, 0.5) is 0 Å². The van der Waals surface area contributed by atoms with E-state index in [9.17, 15) is 15.3 Å². The van der Waals surface area contributed by atoms with Crippen molar-refractivity contribution >= 4 is 0 Å². The van der Waals surface area contributed by atoms with E-state index in [1.165, 1.54) is 0 Å². The minimum absolute atomic E-state index is 0.0176. The topological polar surface area (TPSA) is 84.2 Å². The van der Waals surface area contributed by atoms with E-state index in [1.54, 1.807) is 24.3 Å². The lowest BCUT2D eigenvalue weighted by Gasteiger charge is -2.21. The summed E-state index contributed by atoms with van der Waals surface area (Å²) in [6, 6.07) is 7.06. The largest absolute Gasteiger partial charge is 0.392 e. The van der Waals surface area contributed by atoms with E-state index in [1.807, 2.05) is 4.90 Å². The van der Waals surface area contributed by atoms with Crippen LogP contribution in [0.25, 0.3) is 0 Å². The molecule has 1 aliphatic rings. The molecule has 0 unspecified atom stereocenters. The van der Waals surface area contributed by atoms with Gasteiger partial charge in [0.15, 0.2) is 0 Å². The minimum Gasteiger partial charge on any atom is -0.392 e. The maximum absolute atomic E-state index is 10.1. The Morgan fingerprint density at radius 3 is 2.45 bits per heavy atom. The molecule has 112 valence electrons. The van der Waals surface area contributed by atoms with Gasteiger partial charge >= 0.3 is 0 Å². The highest BCUT2D eigenvalue weighted by molar-refractivity contribution is 5.23. The van der Waals surface area contributed by atoms with Gasteiger partial charge in [0, 0.05) is 26.1 Å². The van der Waals surface area contributed by atoms with Crippen LogP contribution >= 0.6 is 0 Å². The molecule has 0 saturated carbocycles. The summed E-state index contributed by atoms with van der Waals surface area (Å²) in [5.74, 6) is 0. The van der Waals surface area contributed by atoms with Crippen LogP contribution in [0.1, 0.15) is 30.1 Å². The van der Waals surface area contributed by atoms with Gasteiger partial charge < -0.3 is 20.4 Å². The zero-order valence-electron chi connectivity index (χ0n) is 11.5. The summed E-state index contributed by atoms with van der Waals surface area (Å²) in [5.41, 5.74) is 1.54. The average Bonchev–Trinajstić information content (AvgIpc) is 2.84. The Bertz CT molecular complexity index is 409. The first-order valence-electron chi connectivity index (χ1n) is 7.04. The van der Waals surface area contributed by atoms with Crippen molar-refractivity contribution in [1.82, 2.24) is 4.90 Å². The highest BCUT2D eigenvalue weighted by Crippen LogP contribution is 2.20. The number of rotatable bonds is 6. The molecule has 0 aliphatic carbocycles. The molecule has 2 rings (SSSR count). The van der Waals surface area contributed by atoms with Gasteiger partial charge in [-0.3, -0.25) is 4.90 Å². The molecule has 1 aromatic carbocycles. The summed E-state index contributed by atoms with van der Waals surface area (Å²) < 4.78 is 0. The number of nitrogens with zero attached hydrogens (tertiary/aromatic N) is 1. The summed E-state index contributed by atoms with van der Waals surface area (Å²) in [4.78, 5) is 2.01. The second kappa shape index (κ2) is 7.15. The molecular formula is C15H23NO4. The predicted octanol–water partition coefficient (Wildman–Crippen LogP) is 0.0299. The second-order valence-electron chi connectivity index (χ2n) is 5.51. The molecule has 3 atom stereocenters. The van der Waals surface area contributed by atoms with Crippen LogP contribution < -0.4 is 0 Å². The van der Waals surface area contributed by atoms with Gasteiger partial charge in [-0.1, -0.05) is 24.3 Å². The summed E-state index contributed by atoms with van der Waals surface area (Å²) in [6.45, 7) is 1.84. The maximum atomic E-state index is 10.1. The van der Waals surface area contributed by atoms with Gasteiger partial charge in [-0.2, -0.15) is 0 Å². The van der Waals surface area contributed by atoms with Gasteiger partial charge in [0.2, 0.25) is 0 Å². The molecule has 1 aliphatic heterocycles. The summed E-state index contributed by atoms with van der Waals surface area (Å²) in [6.07, 6.45) is -0.612. The first kappa shape index (κ1) is 15.4. The number of hydrogen-bond acceptors (Lipinski definition) is 5. The molecule has 0 amide bonds. The van der Waals surface area contributed by atoms with Crippen molar-refractivity contribution in [2.75, 3.05) is 19.6 Å². The Kier molecular flexibility index (Phi) is 5.51. The van der Waals surface area contributed by atoms with Crippen LogP contribution in [0, 0.1) is 0 Å². The van der Waals surface area contributed by atoms with Crippen molar-refractivity contribution in [2.45, 2.75) is 37.8 Å². The molecule has 0 radical (unpaired) electrons. The number of hydrogen-bond donors (Lipinski definition) is 4. The molecule has 0 aromatic heterocycles. The second-order valence-corrected chi connectivity index (χ2v) is 5.51. The first-order valence-corrected chi connectivity index (χ1v) is 7.04. The Labute approximate surface area is 119 Å². The highest BCUT2D eigenvalue weighted by atomic mass is 16.3. The normalized spacial score (nSPS) is 22.9. The van der Waals surface area contributed by atoms with Crippen LogP contribution in [-0.4, -0.2) is 57.2 Å². The predicted molar refractivity (Wildman–Crippen MR) is 75.0 cm³/mol. The highest BCUT2D eigenvalue weighted by Gasteiger charge is 2.23. The molecule has 20 heavy (non-hydrogen) atoms. The SMILES string of the molecule is OCc1ccc([C@H](O)C[C@H](O)CN2CC[C@@H](O)C2)cc1. The molecule has 1 fully saturated rings. The average molecular weight is 281 g/mol. The Morgan fingerprint density at radius 1 is 1.20 bits per heavy atom. The monoisotopic (exact) mass is 281 g/mol. The van der Waals surface area contributed by atoms with Crippen molar-refractivity contribution in [2.24, 2.45) is 0 Å². The van der Waals surface area contributed by atoms with Crippen LogP contribution in [0.5, 0.6) is 0 Å². The van der Waals surface area contributed by atoms with Gasteiger partial charge in [0.05, 0.1) is 24.9 Å². The third-order valence-corrected chi connectivity index (χ3v) is 3.76. The number of likely N-dealkylation sites (tertiary alicyclic amines) is 1. The molecule has 5 heteroatoms. The Balaban J connectivity index is 1.81. The standard InChI is InChI=1S/C15H23NO4/c17-10-11-1-3-12(4-2-11)15(20)7-14(19)9-16-6-5-13(18)8-16/h1-4,13-15,17-20H,5-10H2/t13-,14+,15-/m1/s1. The van der Waals surface area contributed by atoms with Crippen LogP contribution in [0.3, 0.4) is 0 Å². The molecule has 0 bridgehead atoms. The molecule has 5 nitrogen and oxygen atoms in total. The molecular weight excluding hydrogens is 258 g/mol. The van der Waals surface area contributed by atoms with Gasteiger partial charge in [-0.05, 0) is 17.5 Å². The zero-order valence-corrected chi connectivity index (χ0v) is 11.5. The van der Waals surface area contributed by atoms with E-state index >= 15 is 0 Å². The summed E-state index contributed by atoms with van der Waals surface area (Å²) in [5, 5.41) is 38.5. The first-order chi connectivity index (χ1) is 9.58. The van der Waals surface area contributed by atoms with Crippen molar-refractivity contribution in [3.63, 3.8) is 0 Å². The van der Waals surface area contributed by atoms with Gasteiger partial charge in [0.1, 0.15) is 0 Å². The molecule has 0 spiro atoms. The third kappa shape index (κ3) is 4.26. The fourth-order valence-corrected chi connectivity index (χ4v) is 2.59. The van der Waals surface area contributed by atoms with Crippen LogP contribution in [-0.2, 0) is 6.61 Å². The van der Waals surface area contributed by atoms with Gasteiger partial charge in [-0.15, -0.1) is 0 Å². The van der Waals surface area contributed by atoms with E-state index in [0.717, 1.165) is 24.1 Å². The van der Waals surface area contributed by atoms with E-state index in [2.05, 4.69) is 0 Å². The Morgan fingerprint density at radius 2 is 1.90 bits per heavy atom. The summed E-state index contributed by atoms with van der Waals surface area (Å²) >= 11 is 0. The molecule has 1 heterocycles. The molecule has 1 aromatic rings. The van der Waals surface area contributed by atoms with E-state index in [0.29, 0.717) is 13.1 Å². The van der Waals surface area contributed by atoms with E-state index in [-0.39, 0.29) is 19.1 Å². The molecule has 1 saturated heterocycles. The van der Waals surface area contributed by atoms with E-state index in [4.69, 9.17) is 5.11 Å². The lowest BCUT2D eigenvalue weighted by atomic mass is 10.0. The lowest BCUT2D eigenvalue weighted by molar-refractivity contribution is 0.0558. The Hall–Kier alpha value is -0.980. The zero-order chi connectivity index (χ0) is 14.5. The van der Waals surface area contributed by atoms with Gasteiger partial charge in [-0.25, -0.2) is 0 Å². The van der Waals surface area contributed by atoms with Crippen LogP contribution in [0.15, 0.2) is 24.3 Å². The van der Waals surface area contributed by atoms with Crippen molar-refractivity contribution in [3.8, 4) is 0 Å². The lowest BCUT2D eigenvalue weighted by Crippen LogP contribution is -2.32. The number of aliphatic hydroxyl groups excluding tert-OH is 4. The maximum Gasteiger partial charge on any atom is 0.0815 e. The number of benzene rings is 1. The third-order valence-electron chi connectivity index (χ3n) is 3.76. The van der Waals surface area contributed by atoms with Gasteiger partial charge in [0.25, 0.3) is 0 Å². The minimum atomic E-state index is -0.717. The quantitative estimate of drug-likeness (QED) is 0.591. The summed E-state index contributed by atoms with van der Waals surface area (Å²) in [7, 11) is 0. The van der Waals surface area contributed by atoms with Crippen molar-refractivity contribution in [3.05, 3.63) is 35.4 Å². The smallest absolute Gasteiger partial charge is 0.0815 e. The molecule has 4 N–H and O–H groups in total. The fourth-order valence-electron chi connectivity index (χ4n) is 2.59. The van der Waals surface area contributed by atoms with Crippen molar-refractivity contribution < 1.29 is 20.4 Å².